The van der Waals surface area contributed by atoms with E-state index >= 15 is 0 Å². The number of nitrogens with zero attached hydrogens (tertiary/aromatic N) is 10. The van der Waals surface area contributed by atoms with Crippen molar-refractivity contribution in [2.24, 2.45) is 15.2 Å². The number of benzene rings is 2. The maximum Gasteiger partial charge on any atom is 0.259 e. The van der Waals surface area contributed by atoms with Gasteiger partial charge in [-0.1, -0.05) is 34.0 Å². The minimum atomic E-state index is -0.0332. The fraction of sp³-hybridized carbons (Fsp3) is 0.304. The van der Waals surface area contributed by atoms with Crippen molar-refractivity contribution in [1.82, 2.24) is 14.7 Å². The van der Waals surface area contributed by atoms with E-state index in [2.05, 4.69) is 34.8 Å². The van der Waals surface area contributed by atoms with Crippen LogP contribution in [0.2, 0.25) is 5.02 Å². The lowest BCUT2D eigenvalue weighted by Crippen LogP contribution is -2.53. The molecule has 2 aromatic carbocycles. The Labute approximate surface area is 206 Å². The molecule has 0 atom stereocenters. The highest BCUT2D eigenvalue weighted by Crippen LogP contribution is 2.33. The van der Waals surface area contributed by atoms with Gasteiger partial charge in [0, 0.05) is 64.5 Å². The second-order valence-electron chi connectivity index (χ2n) is 8.47. The molecule has 0 saturated heterocycles. The zero-order valence-electron chi connectivity index (χ0n) is 18.7. The zero-order valence-corrected chi connectivity index (χ0v) is 19.5. The number of azide groups is 2. The molecular weight excluding hydrogens is 468 g/mol. The number of hydrogen-bond acceptors (Lipinski definition) is 6. The van der Waals surface area contributed by atoms with Crippen molar-refractivity contribution in [2.75, 3.05) is 26.2 Å². The molecule has 3 aliphatic heterocycles. The summed E-state index contributed by atoms with van der Waals surface area (Å²) in [6, 6.07) is 12.5. The Morgan fingerprint density at radius 1 is 0.971 bits per heavy atom. The van der Waals surface area contributed by atoms with E-state index in [4.69, 9.17) is 22.7 Å². The van der Waals surface area contributed by atoms with Crippen molar-refractivity contribution in [3.63, 3.8) is 0 Å². The molecular formula is C23H21ClN10O. The molecule has 12 heteroatoms. The second kappa shape index (κ2) is 9.69. The normalized spacial score (nSPS) is 17.4. The van der Waals surface area contributed by atoms with Crippen LogP contribution in [0.25, 0.3) is 20.9 Å². The number of carbonyl (C=O) groups is 1. The third-order valence-corrected chi connectivity index (χ3v) is 6.48. The Kier molecular flexibility index (Phi) is 6.31. The first-order chi connectivity index (χ1) is 17.1. The van der Waals surface area contributed by atoms with Gasteiger partial charge in [0.05, 0.1) is 18.7 Å². The van der Waals surface area contributed by atoms with Gasteiger partial charge in [0.15, 0.2) is 0 Å². The molecule has 3 aliphatic rings. The van der Waals surface area contributed by atoms with Crippen LogP contribution in [0.1, 0.15) is 17.5 Å². The summed E-state index contributed by atoms with van der Waals surface area (Å²) < 4.78 is 0. The van der Waals surface area contributed by atoms with Crippen molar-refractivity contribution in [3.05, 3.63) is 90.8 Å². The summed E-state index contributed by atoms with van der Waals surface area (Å²) in [7, 11) is 0. The number of amides is 1. The maximum atomic E-state index is 13.6. The van der Waals surface area contributed by atoms with Crippen LogP contribution in [0.15, 0.2) is 69.0 Å². The van der Waals surface area contributed by atoms with Crippen LogP contribution >= 0.6 is 11.6 Å². The molecule has 3 heterocycles. The van der Waals surface area contributed by atoms with Gasteiger partial charge < -0.3 is 4.90 Å². The number of halogens is 1. The fourth-order valence-corrected chi connectivity index (χ4v) is 4.87. The zero-order chi connectivity index (χ0) is 24.4. The van der Waals surface area contributed by atoms with Crippen molar-refractivity contribution in [3.8, 4) is 0 Å². The fourth-order valence-electron chi connectivity index (χ4n) is 4.75. The molecule has 5 rings (SSSR count). The van der Waals surface area contributed by atoms with Crippen LogP contribution < -0.4 is 0 Å². The van der Waals surface area contributed by atoms with Gasteiger partial charge in [0.2, 0.25) is 5.96 Å². The minimum Gasteiger partial charge on any atom is -0.314 e. The summed E-state index contributed by atoms with van der Waals surface area (Å²) in [5.74, 6) is 0.687. The van der Waals surface area contributed by atoms with E-state index in [0.29, 0.717) is 42.6 Å². The van der Waals surface area contributed by atoms with Crippen LogP contribution in [0.3, 0.4) is 0 Å². The third kappa shape index (κ3) is 4.66. The molecule has 0 N–H and O–H groups in total. The first kappa shape index (κ1) is 22.8. The Hall–Kier alpha value is -4.01. The third-order valence-electron chi connectivity index (χ3n) is 6.23. The Morgan fingerprint density at radius 3 is 2.37 bits per heavy atom. The summed E-state index contributed by atoms with van der Waals surface area (Å²) in [4.78, 5) is 30.0. The minimum absolute atomic E-state index is 0.0332. The summed E-state index contributed by atoms with van der Waals surface area (Å²) in [5, 5.41) is 7.96. The average Bonchev–Trinajstić information content (AvgIpc) is 3.33. The highest BCUT2D eigenvalue weighted by molar-refractivity contribution is 6.30. The van der Waals surface area contributed by atoms with Crippen molar-refractivity contribution < 1.29 is 4.79 Å². The topological polar surface area (TPSA) is 137 Å². The monoisotopic (exact) mass is 488 g/mol. The van der Waals surface area contributed by atoms with E-state index in [-0.39, 0.29) is 5.91 Å². The second-order valence-corrected chi connectivity index (χ2v) is 8.91. The predicted octanol–water partition coefficient (Wildman–Crippen LogP) is 5.40. The van der Waals surface area contributed by atoms with Crippen LogP contribution in [-0.2, 0) is 17.9 Å². The number of hydrogen-bond donors (Lipinski definition) is 0. The predicted molar refractivity (Wildman–Crippen MR) is 132 cm³/mol. The van der Waals surface area contributed by atoms with Crippen LogP contribution in [0.4, 0.5) is 11.4 Å². The Morgan fingerprint density at radius 2 is 1.69 bits per heavy atom. The molecule has 0 fully saturated rings. The van der Waals surface area contributed by atoms with Crippen molar-refractivity contribution in [2.45, 2.75) is 19.5 Å². The van der Waals surface area contributed by atoms with E-state index in [0.717, 1.165) is 47.9 Å². The van der Waals surface area contributed by atoms with E-state index in [1.54, 1.807) is 17.0 Å². The van der Waals surface area contributed by atoms with Crippen molar-refractivity contribution in [1.29, 1.82) is 0 Å². The Balaban J connectivity index is 1.39. The highest BCUT2D eigenvalue weighted by atomic mass is 35.5. The molecule has 0 spiro atoms. The number of carbonyl (C=O) groups excluding carboxylic acids is 1. The van der Waals surface area contributed by atoms with E-state index < -0.39 is 0 Å². The van der Waals surface area contributed by atoms with E-state index in [1.807, 2.05) is 24.3 Å². The molecule has 35 heavy (non-hydrogen) atoms. The average molecular weight is 489 g/mol. The summed E-state index contributed by atoms with van der Waals surface area (Å²) in [5.41, 5.74) is 22.0. The molecule has 176 valence electrons. The van der Waals surface area contributed by atoms with Crippen molar-refractivity contribution >= 4 is 34.8 Å². The van der Waals surface area contributed by atoms with Gasteiger partial charge in [-0.05, 0) is 52.5 Å². The molecule has 0 saturated carbocycles. The van der Waals surface area contributed by atoms with Gasteiger partial charge in [-0.15, -0.1) is 0 Å². The largest absolute Gasteiger partial charge is 0.314 e. The molecule has 0 radical (unpaired) electrons. The number of guanidine groups is 1. The van der Waals surface area contributed by atoms with Gasteiger partial charge in [-0.25, -0.2) is 0 Å². The number of fused-ring (bicyclic) bond motifs is 2. The molecule has 0 unspecified atom stereocenters. The number of rotatable bonds is 6. The van der Waals surface area contributed by atoms with Crippen LogP contribution in [0, 0.1) is 0 Å². The van der Waals surface area contributed by atoms with Gasteiger partial charge in [-0.3, -0.25) is 19.6 Å². The van der Waals surface area contributed by atoms with Gasteiger partial charge in [0.1, 0.15) is 0 Å². The lowest BCUT2D eigenvalue weighted by atomic mass is 10.00. The molecule has 2 aromatic rings. The Bertz CT molecular complexity index is 1300. The first-order valence-electron chi connectivity index (χ1n) is 11.1. The lowest BCUT2D eigenvalue weighted by Gasteiger charge is -2.42. The summed E-state index contributed by atoms with van der Waals surface area (Å²) >= 11 is 6.03. The van der Waals surface area contributed by atoms with Gasteiger partial charge in [-0.2, -0.15) is 0 Å². The standard InChI is InChI=1S/C23H21ClN10O/c24-17-3-1-15(2-4-17)13-34-22(35)20-14-32(7-5-21(20)33-8-6-27-23(33)34)12-16-9-18(28-30-25)11-19(10-16)29-31-26/h1-4,9-11H,5-8,12-14H2. The lowest BCUT2D eigenvalue weighted by molar-refractivity contribution is -0.125. The quantitative estimate of drug-likeness (QED) is 0.305. The van der Waals surface area contributed by atoms with Crippen LogP contribution in [0.5, 0.6) is 0 Å². The molecule has 0 aromatic heterocycles. The molecule has 1 amide bonds. The van der Waals surface area contributed by atoms with Gasteiger partial charge >= 0.3 is 0 Å². The molecule has 0 aliphatic carbocycles. The van der Waals surface area contributed by atoms with E-state index in [1.165, 1.54) is 6.07 Å². The SMILES string of the molecule is [N-]=[N+]=Nc1cc(CN2CCC3=C(C2)C(=O)N(Cc2ccc(Cl)cc2)C2=NCCN23)cc(N=[N+]=[N-])c1. The van der Waals surface area contributed by atoms with Gasteiger partial charge in [0.25, 0.3) is 5.91 Å². The highest BCUT2D eigenvalue weighted by Gasteiger charge is 2.40. The summed E-state index contributed by atoms with van der Waals surface area (Å²) in [6.07, 6.45) is 0.730. The van der Waals surface area contributed by atoms with E-state index in [9.17, 15) is 4.79 Å². The maximum absolute atomic E-state index is 13.6. The molecule has 0 bridgehead atoms. The van der Waals surface area contributed by atoms with Crippen LogP contribution in [-0.4, -0.2) is 52.7 Å². The molecule has 11 nitrogen and oxygen atoms in total. The number of aliphatic imine (C=N–C) groups is 1. The smallest absolute Gasteiger partial charge is 0.259 e. The summed E-state index contributed by atoms with van der Waals surface area (Å²) in [6.45, 7) is 3.61. The first-order valence-corrected chi connectivity index (χ1v) is 11.5.